The maximum atomic E-state index is 13.6. The average Bonchev–Trinajstić information content (AvgIpc) is 2.14. The lowest BCUT2D eigenvalue weighted by Gasteiger charge is -2.19. The number of carboxylic acid groups (broad SMARTS) is 1. The fourth-order valence-electron chi connectivity index (χ4n) is 1.54. The van der Waals surface area contributed by atoms with Crippen LogP contribution in [0.25, 0.3) is 0 Å². The minimum absolute atomic E-state index is 0.128. The molecule has 0 aliphatic heterocycles. The lowest BCUT2D eigenvalue weighted by molar-refractivity contribution is -0.146. The second-order valence-corrected chi connectivity index (χ2v) is 6.89. The molecule has 0 aliphatic carbocycles. The van der Waals surface area contributed by atoms with E-state index in [1.807, 2.05) is 0 Å². The minimum Gasteiger partial charge on any atom is -0.481 e. The van der Waals surface area contributed by atoms with E-state index in [0.717, 1.165) is 18.4 Å². The van der Waals surface area contributed by atoms with Crippen LogP contribution in [0.15, 0.2) is 23.1 Å². The van der Waals surface area contributed by atoms with Crippen LogP contribution in [0.4, 0.5) is 4.39 Å². The molecule has 0 spiro atoms. The number of carboxylic acids is 1. The van der Waals surface area contributed by atoms with Crippen LogP contribution in [0.2, 0.25) is 0 Å². The minimum atomic E-state index is -3.60. The molecule has 0 atom stereocenters. The van der Waals surface area contributed by atoms with E-state index in [-0.39, 0.29) is 11.3 Å². The quantitative estimate of drug-likeness (QED) is 0.910. The van der Waals surface area contributed by atoms with E-state index in [2.05, 4.69) is 0 Å². The highest BCUT2D eigenvalue weighted by Gasteiger charge is 2.28. The average molecular weight is 274 g/mol. The number of halogens is 1. The van der Waals surface area contributed by atoms with Gasteiger partial charge in [-0.1, -0.05) is 6.07 Å². The van der Waals surface area contributed by atoms with E-state index in [1.165, 1.54) is 19.9 Å². The zero-order valence-corrected chi connectivity index (χ0v) is 11.2. The van der Waals surface area contributed by atoms with E-state index in [1.54, 1.807) is 0 Å². The lowest BCUT2D eigenvalue weighted by atomic mass is 9.86. The summed E-state index contributed by atoms with van der Waals surface area (Å²) in [6.07, 6.45) is 1.05. The van der Waals surface area contributed by atoms with Crippen molar-refractivity contribution in [1.82, 2.24) is 0 Å². The third-order valence-corrected chi connectivity index (χ3v) is 3.75. The van der Waals surface area contributed by atoms with Crippen LogP contribution >= 0.6 is 0 Å². The van der Waals surface area contributed by atoms with E-state index >= 15 is 0 Å². The van der Waals surface area contributed by atoms with Gasteiger partial charge in [-0.2, -0.15) is 0 Å². The second kappa shape index (κ2) is 4.68. The molecular weight excluding hydrogens is 259 g/mol. The summed E-state index contributed by atoms with van der Waals surface area (Å²) < 4.78 is 36.0. The molecule has 1 aromatic rings. The van der Waals surface area contributed by atoms with Crippen molar-refractivity contribution in [2.24, 2.45) is 5.41 Å². The summed E-state index contributed by atoms with van der Waals surface area (Å²) in [5, 5.41) is 8.97. The van der Waals surface area contributed by atoms with Crippen LogP contribution in [-0.2, 0) is 21.1 Å². The second-order valence-electron chi connectivity index (χ2n) is 4.90. The van der Waals surface area contributed by atoms with Crippen molar-refractivity contribution >= 4 is 15.8 Å². The molecule has 0 aliphatic rings. The smallest absolute Gasteiger partial charge is 0.309 e. The molecule has 0 fully saturated rings. The van der Waals surface area contributed by atoms with Crippen molar-refractivity contribution in [3.05, 3.63) is 29.6 Å². The molecule has 0 amide bonds. The van der Waals surface area contributed by atoms with E-state index in [9.17, 15) is 17.6 Å². The van der Waals surface area contributed by atoms with Gasteiger partial charge >= 0.3 is 5.97 Å². The zero-order valence-electron chi connectivity index (χ0n) is 10.4. The maximum Gasteiger partial charge on any atom is 0.309 e. The van der Waals surface area contributed by atoms with Crippen LogP contribution in [-0.4, -0.2) is 25.7 Å². The van der Waals surface area contributed by atoms with Crippen molar-refractivity contribution in [3.63, 3.8) is 0 Å². The summed E-state index contributed by atoms with van der Waals surface area (Å²) in [4.78, 5) is 10.6. The van der Waals surface area contributed by atoms with Crippen LogP contribution in [0.1, 0.15) is 19.4 Å². The van der Waals surface area contributed by atoms with Crippen molar-refractivity contribution in [3.8, 4) is 0 Å². The molecule has 0 saturated carbocycles. The van der Waals surface area contributed by atoms with Gasteiger partial charge in [0, 0.05) is 6.26 Å². The fourth-order valence-corrected chi connectivity index (χ4v) is 2.27. The first-order chi connectivity index (χ1) is 8.04. The number of benzene rings is 1. The van der Waals surface area contributed by atoms with Gasteiger partial charge in [-0.15, -0.1) is 0 Å². The Labute approximate surface area is 105 Å². The Kier molecular flexibility index (Phi) is 3.81. The molecule has 0 unspecified atom stereocenters. The molecule has 1 N–H and O–H groups in total. The van der Waals surface area contributed by atoms with Crippen LogP contribution in [0.5, 0.6) is 0 Å². The third kappa shape index (κ3) is 3.29. The Morgan fingerprint density at radius 2 is 1.94 bits per heavy atom. The molecule has 6 heteroatoms. The predicted molar refractivity (Wildman–Crippen MR) is 64.6 cm³/mol. The van der Waals surface area contributed by atoms with E-state index < -0.39 is 27.0 Å². The number of hydrogen-bond donors (Lipinski definition) is 1. The van der Waals surface area contributed by atoms with Crippen LogP contribution in [0, 0.1) is 11.2 Å². The molecule has 0 heterocycles. The Bertz CT molecular complexity index is 576. The summed E-state index contributed by atoms with van der Waals surface area (Å²) in [5.41, 5.74) is -0.578. The standard InChI is InChI=1S/C12H15FO4S/c1-12(2,11(14)15)7-8-4-5-10(9(13)6-8)18(3,16)17/h4-6H,7H2,1-3H3,(H,14,15). The zero-order chi connectivity index (χ0) is 14.1. The molecular formula is C12H15FO4S. The molecule has 100 valence electrons. The summed E-state index contributed by atoms with van der Waals surface area (Å²) >= 11 is 0. The van der Waals surface area contributed by atoms with Gasteiger partial charge in [-0.3, -0.25) is 4.79 Å². The first-order valence-electron chi connectivity index (χ1n) is 5.26. The summed E-state index contributed by atoms with van der Waals surface area (Å²) in [7, 11) is -3.60. The Balaban J connectivity index is 3.11. The number of sulfone groups is 1. The van der Waals surface area contributed by atoms with E-state index in [4.69, 9.17) is 5.11 Å². The Morgan fingerprint density at radius 1 is 1.39 bits per heavy atom. The summed E-state index contributed by atoms with van der Waals surface area (Å²) in [6, 6.07) is 3.67. The van der Waals surface area contributed by atoms with Crippen molar-refractivity contribution in [1.29, 1.82) is 0 Å². The van der Waals surface area contributed by atoms with Gasteiger partial charge in [-0.05, 0) is 38.0 Å². The number of aliphatic carboxylic acids is 1. The monoisotopic (exact) mass is 274 g/mol. The molecule has 18 heavy (non-hydrogen) atoms. The predicted octanol–water partition coefficient (Wildman–Crippen LogP) is 1.88. The maximum absolute atomic E-state index is 13.6. The van der Waals surface area contributed by atoms with Crippen molar-refractivity contribution in [2.45, 2.75) is 25.2 Å². The largest absolute Gasteiger partial charge is 0.481 e. The van der Waals surface area contributed by atoms with Gasteiger partial charge in [0.15, 0.2) is 9.84 Å². The number of carbonyl (C=O) groups is 1. The van der Waals surface area contributed by atoms with Gasteiger partial charge < -0.3 is 5.11 Å². The fraction of sp³-hybridized carbons (Fsp3) is 0.417. The van der Waals surface area contributed by atoms with Gasteiger partial charge in [0.2, 0.25) is 0 Å². The van der Waals surface area contributed by atoms with Crippen LogP contribution in [0.3, 0.4) is 0 Å². The molecule has 0 bridgehead atoms. The van der Waals surface area contributed by atoms with Gasteiger partial charge in [0.1, 0.15) is 10.7 Å². The van der Waals surface area contributed by atoms with Crippen LogP contribution < -0.4 is 0 Å². The molecule has 1 aromatic carbocycles. The number of hydrogen-bond acceptors (Lipinski definition) is 3. The highest BCUT2D eigenvalue weighted by Crippen LogP contribution is 2.24. The number of rotatable bonds is 4. The normalized spacial score (nSPS) is 12.4. The third-order valence-electron chi connectivity index (χ3n) is 2.62. The molecule has 1 rings (SSSR count). The van der Waals surface area contributed by atoms with E-state index in [0.29, 0.717) is 5.56 Å². The SMILES string of the molecule is CC(C)(Cc1ccc(S(C)(=O)=O)c(F)c1)C(=O)O. The topological polar surface area (TPSA) is 71.4 Å². The van der Waals surface area contributed by atoms with Gasteiger partial charge in [0.25, 0.3) is 0 Å². The van der Waals surface area contributed by atoms with Crippen molar-refractivity contribution in [2.75, 3.05) is 6.26 Å². The van der Waals surface area contributed by atoms with Crippen molar-refractivity contribution < 1.29 is 22.7 Å². The summed E-state index contributed by atoms with van der Waals surface area (Å²) in [5.74, 6) is -1.84. The Hall–Kier alpha value is -1.43. The first kappa shape index (κ1) is 14.6. The lowest BCUT2D eigenvalue weighted by Crippen LogP contribution is -2.26. The first-order valence-corrected chi connectivity index (χ1v) is 7.15. The van der Waals surface area contributed by atoms with Gasteiger partial charge in [0.05, 0.1) is 5.41 Å². The summed E-state index contributed by atoms with van der Waals surface area (Å²) in [6.45, 7) is 3.05. The molecule has 4 nitrogen and oxygen atoms in total. The molecule has 0 radical (unpaired) electrons. The highest BCUT2D eigenvalue weighted by molar-refractivity contribution is 7.90. The molecule has 0 aromatic heterocycles. The van der Waals surface area contributed by atoms with Gasteiger partial charge in [-0.25, -0.2) is 12.8 Å². The Morgan fingerprint density at radius 3 is 2.33 bits per heavy atom. The molecule has 0 saturated heterocycles. The highest BCUT2D eigenvalue weighted by atomic mass is 32.2.